The molecule has 0 amide bonds. The maximum absolute atomic E-state index is 10.3. The summed E-state index contributed by atoms with van der Waals surface area (Å²) in [5, 5.41) is 14.9. The lowest BCUT2D eigenvalue weighted by molar-refractivity contribution is 0.0247. The minimum Gasteiger partial charge on any atom is -0.459 e. The topological polar surface area (TPSA) is 54.6 Å². The van der Waals surface area contributed by atoms with Crippen molar-refractivity contribution < 1.29 is 14.3 Å². The van der Waals surface area contributed by atoms with Crippen LogP contribution >= 0.6 is 0 Å². The highest BCUT2D eigenvalue weighted by Crippen LogP contribution is 2.30. The number of aliphatic hydroxyl groups is 1. The van der Waals surface area contributed by atoms with Crippen molar-refractivity contribution in [2.45, 2.75) is 38.3 Å². The molecule has 1 aliphatic rings. The molecule has 0 spiro atoms. The second-order valence-electron chi connectivity index (χ2n) is 5.92. The van der Waals surface area contributed by atoms with Gasteiger partial charge in [-0.05, 0) is 19.4 Å². The minimum atomic E-state index is -0.743. The fourth-order valence-electron chi connectivity index (χ4n) is 3.00. The Morgan fingerprint density at radius 3 is 2.90 bits per heavy atom. The van der Waals surface area contributed by atoms with Crippen LogP contribution in [0.25, 0.3) is 11.0 Å². The van der Waals surface area contributed by atoms with Gasteiger partial charge in [-0.25, -0.2) is 0 Å². The molecule has 3 rings (SSSR count). The number of aryl methyl sites for hydroxylation is 1. The van der Waals surface area contributed by atoms with Crippen molar-refractivity contribution in [2.24, 2.45) is 0 Å². The van der Waals surface area contributed by atoms with Crippen LogP contribution in [0.15, 0.2) is 28.7 Å². The van der Waals surface area contributed by atoms with Gasteiger partial charge in [-0.2, -0.15) is 0 Å². The lowest BCUT2D eigenvalue weighted by Gasteiger charge is -2.23. The quantitative estimate of drug-likeness (QED) is 0.888. The fourth-order valence-corrected chi connectivity index (χ4v) is 3.00. The van der Waals surface area contributed by atoms with Crippen LogP contribution in [0.5, 0.6) is 0 Å². The molecule has 0 aliphatic carbocycles. The van der Waals surface area contributed by atoms with Gasteiger partial charge in [-0.3, -0.25) is 0 Å². The van der Waals surface area contributed by atoms with Gasteiger partial charge in [0, 0.05) is 30.5 Å². The van der Waals surface area contributed by atoms with E-state index in [9.17, 15) is 5.11 Å². The first-order chi connectivity index (χ1) is 10.1. The Morgan fingerprint density at radius 2 is 2.19 bits per heavy atom. The first-order valence-corrected chi connectivity index (χ1v) is 7.67. The van der Waals surface area contributed by atoms with Crippen molar-refractivity contribution in [3.63, 3.8) is 0 Å². The standard InChI is InChI=1S/C17H23NO3/c1-3-13-14-6-4-5-7-15(14)21-16(13)12(2)18-10-17(19)8-9-20-11-17/h4-7,12,18-19H,3,8-11H2,1-2H3/t12-,17-/m1/s1. The van der Waals surface area contributed by atoms with Crippen LogP contribution in [0.4, 0.5) is 0 Å². The Hall–Kier alpha value is -1.36. The van der Waals surface area contributed by atoms with E-state index in [2.05, 4.69) is 25.2 Å². The van der Waals surface area contributed by atoms with Crippen molar-refractivity contribution in [2.75, 3.05) is 19.8 Å². The Balaban J connectivity index is 1.79. The molecule has 2 heterocycles. The van der Waals surface area contributed by atoms with E-state index in [1.165, 1.54) is 10.9 Å². The summed E-state index contributed by atoms with van der Waals surface area (Å²) in [4.78, 5) is 0. The molecule has 0 bridgehead atoms. The molecular weight excluding hydrogens is 266 g/mol. The van der Waals surface area contributed by atoms with Gasteiger partial charge >= 0.3 is 0 Å². The first kappa shape index (κ1) is 14.6. The van der Waals surface area contributed by atoms with E-state index in [0.29, 0.717) is 26.2 Å². The molecule has 21 heavy (non-hydrogen) atoms. The van der Waals surface area contributed by atoms with Gasteiger partial charge in [0.15, 0.2) is 0 Å². The van der Waals surface area contributed by atoms with Crippen LogP contribution in [0.1, 0.15) is 37.6 Å². The number of hydrogen-bond donors (Lipinski definition) is 2. The molecule has 0 unspecified atom stereocenters. The summed E-state index contributed by atoms with van der Waals surface area (Å²) in [6.45, 7) is 5.79. The van der Waals surface area contributed by atoms with E-state index >= 15 is 0 Å². The lowest BCUT2D eigenvalue weighted by Crippen LogP contribution is -2.41. The number of rotatable bonds is 5. The molecule has 1 fully saturated rings. The Bertz CT molecular complexity index is 614. The third-order valence-corrected chi connectivity index (χ3v) is 4.30. The average Bonchev–Trinajstić information content (AvgIpc) is 3.08. The van der Waals surface area contributed by atoms with Crippen molar-refractivity contribution in [3.8, 4) is 0 Å². The van der Waals surface area contributed by atoms with Crippen LogP contribution in [0.2, 0.25) is 0 Å². The third-order valence-electron chi connectivity index (χ3n) is 4.30. The molecule has 0 radical (unpaired) electrons. The number of nitrogens with one attached hydrogen (secondary N) is 1. The van der Waals surface area contributed by atoms with E-state index in [4.69, 9.17) is 9.15 Å². The monoisotopic (exact) mass is 289 g/mol. The second-order valence-corrected chi connectivity index (χ2v) is 5.92. The van der Waals surface area contributed by atoms with Crippen molar-refractivity contribution in [3.05, 3.63) is 35.6 Å². The third kappa shape index (κ3) is 2.84. The molecule has 4 heteroatoms. The molecule has 4 nitrogen and oxygen atoms in total. The Kier molecular flexibility index (Phi) is 4.02. The van der Waals surface area contributed by atoms with Gasteiger partial charge in [0.25, 0.3) is 0 Å². The lowest BCUT2D eigenvalue weighted by atomic mass is 10.0. The molecule has 1 aromatic heterocycles. The number of fused-ring (bicyclic) bond motifs is 1. The van der Waals surface area contributed by atoms with Gasteiger partial charge in [0.05, 0.1) is 12.6 Å². The van der Waals surface area contributed by atoms with Gasteiger partial charge in [0.1, 0.15) is 16.9 Å². The number of hydrogen-bond acceptors (Lipinski definition) is 4. The van der Waals surface area contributed by atoms with E-state index in [-0.39, 0.29) is 6.04 Å². The summed E-state index contributed by atoms with van der Waals surface area (Å²) in [7, 11) is 0. The van der Waals surface area contributed by atoms with Crippen molar-refractivity contribution in [1.29, 1.82) is 0 Å². The highest BCUT2D eigenvalue weighted by atomic mass is 16.5. The molecule has 1 aromatic carbocycles. The normalized spacial score (nSPS) is 23.8. The van der Waals surface area contributed by atoms with Gasteiger partial charge in [-0.15, -0.1) is 0 Å². The average molecular weight is 289 g/mol. The second kappa shape index (κ2) is 5.79. The molecule has 2 atom stereocenters. The summed E-state index contributed by atoms with van der Waals surface area (Å²) in [6.07, 6.45) is 1.62. The number of furan rings is 1. The summed E-state index contributed by atoms with van der Waals surface area (Å²) in [5.41, 5.74) is 1.44. The maximum atomic E-state index is 10.3. The predicted octanol–water partition coefficient (Wildman–Crippen LogP) is 2.80. The molecule has 0 saturated carbocycles. The maximum Gasteiger partial charge on any atom is 0.134 e. The van der Waals surface area contributed by atoms with E-state index in [1.54, 1.807) is 0 Å². The summed E-state index contributed by atoms with van der Waals surface area (Å²) in [5.74, 6) is 0.973. The SMILES string of the molecule is CCc1c([C@@H](C)NC[C@]2(O)CCOC2)oc2ccccc12. The highest BCUT2D eigenvalue weighted by Gasteiger charge is 2.32. The molecular formula is C17H23NO3. The largest absolute Gasteiger partial charge is 0.459 e. The van der Waals surface area contributed by atoms with E-state index in [1.807, 2.05) is 18.2 Å². The Morgan fingerprint density at radius 1 is 1.38 bits per heavy atom. The zero-order valence-corrected chi connectivity index (χ0v) is 12.7. The molecule has 1 aliphatic heterocycles. The smallest absolute Gasteiger partial charge is 0.134 e. The predicted molar refractivity (Wildman–Crippen MR) is 82.4 cm³/mol. The van der Waals surface area contributed by atoms with Crippen LogP contribution in [-0.4, -0.2) is 30.5 Å². The molecule has 2 aromatic rings. The van der Waals surface area contributed by atoms with E-state index < -0.39 is 5.60 Å². The van der Waals surface area contributed by atoms with Crippen LogP contribution < -0.4 is 5.32 Å². The van der Waals surface area contributed by atoms with Gasteiger partial charge in [0.2, 0.25) is 0 Å². The highest BCUT2D eigenvalue weighted by molar-refractivity contribution is 5.82. The fraction of sp³-hybridized carbons (Fsp3) is 0.529. The number of ether oxygens (including phenoxy) is 1. The van der Waals surface area contributed by atoms with Crippen LogP contribution in [0.3, 0.4) is 0 Å². The molecule has 2 N–H and O–H groups in total. The minimum absolute atomic E-state index is 0.0666. The van der Waals surface area contributed by atoms with Gasteiger partial charge in [-0.1, -0.05) is 25.1 Å². The van der Waals surface area contributed by atoms with E-state index in [0.717, 1.165) is 17.8 Å². The molecule has 1 saturated heterocycles. The van der Waals surface area contributed by atoms with Crippen molar-refractivity contribution in [1.82, 2.24) is 5.32 Å². The number of benzene rings is 1. The number of para-hydroxylation sites is 1. The van der Waals surface area contributed by atoms with Crippen LogP contribution in [-0.2, 0) is 11.2 Å². The first-order valence-electron chi connectivity index (χ1n) is 7.67. The summed E-state index contributed by atoms with van der Waals surface area (Å²) in [6, 6.07) is 8.20. The van der Waals surface area contributed by atoms with Crippen molar-refractivity contribution >= 4 is 11.0 Å². The van der Waals surface area contributed by atoms with Gasteiger partial charge < -0.3 is 19.6 Å². The molecule has 114 valence electrons. The Labute approximate surface area is 125 Å². The zero-order valence-electron chi connectivity index (χ0n) is 12.7. The summed E-state index contributed by atoms with van der Waals surface area (Å²) >= 11 is 0. The zero-order chi connectivity index (χ0) is 14.9. The van der Waals surface area contributed by atoms with Crippen LogP contribution in [0, 0.1) is 0 Å². The summed E-state index contributed by atoms with van der Waals surface area (Å²) < 4.78 is 11.3.